The van der Waals surface area contributed by atoms with Crippen LogP contribution in [0.5, 0.6) is 0 Å². The van der Waals surface area contributed by atoms with E-state index in [1.165, 1.54) is 4.90 Å². The first kappa shape index (κ1) is 15.7. The van der Waals surface area contributed by atoms with E-state index < -0.39 is 0 Å². The number of aromatic nitrogens is 2. The van der Waals surface area contributed by atoms with Gasteiger partial charge in [0.1, 0.15) is 5.82 Å². The molecule has 1 amide bonds. The van der Waals surface area contributed by atoms with Crippen LogP contribution in [0.4, 0.5) is 11.5 Å². The first-order valence-corrected chi connectivity index (χ1v) is 7.49. The Morgan fingerprint density at radius 1 is 1.48 bits per heavy atom. The summed E-state index contributed by atoms with van der Waals surface area (Å²) >= 11 is 9.39. The maximum Gasteiger partial charge on any atom is 0.261 e. The van der Waals surface area contributed by atoms with Crippen LogP contribution in [-0.2, 0) is 0 Å². The molecule has 0 aliphatic heterocycles. The second-order valence-corrected chi connectivity index (χ2v) is 5.53. The smallest absolute Gasteiger partial charge is 0.261 e. The topological polar surface area (TPSA) is 58.1 Å². The Labute approximate surface area is 136 Å². The van der Waals surface area contributed by atoms with Crippen LogP contribution in [0.2, 0.25) is 5.15 Å². The van der Waals surface area contributed by atoms with Crippen molar-refractivity contribution in [2.45, 2.75) is 6.92 Å². The third kappa shape index (κ3) is 3.51. The molecular weight excluding hydrogens is 356 g/mol. The van der Waals surface area contributed by atoms with E-state index in [0.717, 1.165) is 4.47 Å². The van der Waals surface area contributed by atoms with E-state index in [9.17, 15) is 4.79 Å². The molecule has 0 aromatic carbocycles. The largest absolute Gasteiger partial charge is 0.370 e. The Kier molecular flexibility index (Phi) is 5.14. The molecule has 2 heterocycles. The van der Waals surface area contributed by atoms with Gasteiger partial charge in [-0.1, -0.05) is 11.6 Å². The van der Waals surface area contributed by atoms with Gasteiger partial charge >= 0.3 is 0 Å². The Hall–Kier alpha value is -1.66. The Morgan fingerprint density at radius 2 is 2.24 bits per heavy atom. The fourth-order valence-corrected chi connectivity index (χ4v) is 2.37. The minimum Gasteiger partial charge on any atom is -0.370 e. The van der Waals surface area contributed by atoms with Crippen molar-refractivity contribution >= 4 is 44.9 Å². The fourth-order valence-electron chi connectivity index (χ4n) is 1.82. The Balaban J connectivity index is 2.37. The van der Waals surface area contributed by atoms with Crippen molar-refractivity contribution in [3.05, 3.63) is 45.8 Å². The number of carbonyl (C=O) groups excluding carboxylic acids is 1. The zero-order valence-electron chi connectivity index (χ0n) is 11.6. The molecule has 0 atom stereocenters. The lowest BCUT2D eigenvalue weighted by molar-refractivity contribution is 0.0993. The van der Waals surface area contributed by atoms with Crippen LogP contribution in [0, 0.1) is 0 Å². The summed E-state index contributed by atoms with van der Waals surface area (Å²) in [7, 11) is 1.65. The summed E-state index contributed by atoms with van der Waals surface area (Å²) in [5, 5.41) is 3.34. The van der Waals surface area contributed by atoms with Crippen LogP contribution in [0.15, 0.2) is 35.1 Å². The van der Waals surface area contributed by atoms with E-state index >= 15 is 0 Å². The minimum atomic E-state index is -0.208. The summed E-state index contributed by atoms with van der Waals surface area (Å²) in [4.78, 5) is 22.3. The van der Waals surface area contributed by atoms with Gasteiger partial charge in [0.15, 0.2) is 5.15 Å². The second kappa shape index (κ2) is 6.87. The zero-order valence-corrected chi connectivity index (χ0v) is 13.9. The minimum absolute atomic E-state index is 0.208. The predicted molar refractivity (Wildman–Crippen MR) is 88.1 cm³/mol. The highest BCUT2D eigenvalue weighted by Crippen LogP contribution is 2.28. The van der Waals surface area contributed by atoms with Gasteiger partial charge in [-0.05, 0) is 41.1 Å². The number of nitrogens with one attached hydrogen (secondary N) is 1. The molecule has 2 aromatic rings. The van der Waals surface area contributed by atoms with Gasteiger partial charge in [0.2, 0.25) is 0 Å². The summed E-state index contributed by atoms with van der Waals surface area (Å²) < 4.78 is 0.750. The Bertz CT molecular complexity index is 665. The van der Waals surface area contributed by atoms with E-state index in [4.69, 9.17) is 11.6 Å². The van der Waals surface area contributed by atoms with Gasteiger partial charge in [-0.15, -0.1) is 0 Å². The number of rotatable bonds is 4. The average molecular weight is 370 g/mol. The molecule has 0 aliphatic carbocycles. The molecule has 0 saturated carbocycles. The standard InChI is InChI=1S/C14H14BrClN4O/c1-3-17-13-10(5-4-6-18-13)14(21)20(2)11-7-9(15)8-19-12(11)16/h4-8H,3H2,1-2H3,(H,17,18). The molecule has 110 valence electrons. The monoisotopic (exact) mass is 368 g/mol. The number of hydrogen-bond donors (Lipinski definition) is 1. The SMILES string of the molecule is CCNc1ncccc1C(=O)N(C)c1cc(Br)cnc1Cl. The highest BCUT2D eigenvalue weighted by molar-refractivity contribution is 9.10. The van der Waals surface area contributed by atoms with Crippen LogP contribution < -0.4 is 10.2 Å². The van der Waals surface area contributed by atoms with E-state index in [-0.39, 0.29) is 11.1 Å². The molecule has 0 fully saturated rings. The van der Waals surface area contributed by atoms with E-state index in [1.54, 1.807) is 37.6 Å². The van der Waals surface area contributed by atoms with Crippen LogP contribution in [0.1, 0.15) is 17.3 Å². The molecule has 2 rings (SSSR count). The van der Waals surface area contributed by atoms with Gasteiger partial charge in [0, 0.05) is 30.5 Å². The second-order valence-electron chi connectivity index (χ2n) is 4.26. The number of halogens is 2. The van der Waals surface area contributed by atoms with Gasteiger partial charge in [-0.3, -0.25) is 4.79 Å². The van der Waals surface area contributed by atoms with Crippen molar-refractivity contribution in [3.63, 3.8) is 0 Å². The van der Waals surface area contributed by atoms with Gasteiger partial charge in [-0.2, -0.15) is 0 Å². The van der Waals surface area contributed by atoms with E-state index in [0.29, 0.717) is 23.6 Å². The van der Waals surface area contributed by atoms with E-state index in [1.807, 2.05) is 6.92 Å². The zero-order chi connectivity index (χ0) is 15.4. The Morgan fingerprint density at radius 3 is 2.95 bits per heavy atom. The van der Waals surface area contributed by atoms with Crippen molar-refractivity contribution in [2.24, 2.45) is 0 Å². The number of amides is 1. The fraction of sp³-hybridized carbons (Fsp3) is 0.214. The molecule has 1 N–H and O–H groups in total. The van der Waals surface area contributed by atoms with Crippen LogP contribution in [-0.4, -0.2) is 29.5 Å². The summed E-state index contributed by atoms with van der Waals surface area (Å²) in [6.45, 7) is 2.63. The van der Waals surface area contributed by atoms with Crippen LogP contribution in [0.3, 0.4) is 0 Å². The maximum absolute atomic E-state index is 12.6. The number of nitrogens with zero attached hydrogens (tertiary/aromatic N) is 3. The lowest BCUT2D eigenvalue weighted by Gasteiger charge is -2.19. The molecule has 0 bridgehead atoms. The van der Waals surface area contributed by atoms with Gasteiger partial charge in [-0.25, -0.2) is 9.97 Å². The molecule has 0 saturated heterocycles. The summed E-state index contributed by atoms with van der Waals surface area (Å²) in [5.74, 6) is 0.344. The first-order chi connectivity index (χ1) is 10.0. The molecule has 0 spiro atoms. The summed E-state index contributed by atoms with van der Waals surface area (Å²) in [5.41, 5.74) is 1.01. The van der Waals surface area contributed by atoms with E-state index in [2.05, 4.69) is 31.2 Å². The molecule has 2 aromatic heterocycles. The summed E-state index contributed by atoms with van der Waals surface area (Å²) in [6, 6.07) is 5.20. The molecule has 0 radical (unpaired) electrons. The van der Waals surface area contributed by atoms with Crippen molar-refractivity contribution in [3.8, 4) is 0 Å². The molecule has 0 aliphatic rings. The highest BCUT2D eigenvalue weighted by atomic mass is 79.9. The van der Waals surface area contributed by atoms with Crippen LogP contribution in [0.25, 0.3) is 0 Å². The normalized spacial score (nSPS) is 10.3. The molecular formula is C14H14BrClN4O. The van der Waals surface area contributed by atoms with Crippen LogP contribution >= 0.6 is 27.5 Å². The highest BCUT2D eigenvalue weighted by Gasteiger charge is 2.20. The van der Waals surface area contributed by atoms with Gasteiger partial charge in [0.05, 0.1) is 11.3 Å². The number of hydrogen-bond acceptors (Lipinski definition) is 4. The third-order valence-corrected chi connectivity index (χ3v) is 3.56. The van der Waals surface area contributed by atoms with Crippen molar-refractivity contribution in [1.82, 2.24) is 9.97 Å². The quantitative estimate of drug-likeness (QED) is 0.837. The number of anilines is 2. The van der Waals surface area contributed by atoms with Gasteiger partial charge < -0.3 is 10.2 Å². The third-order valence-electron chi connectivity index (χ3n) is 2.84. The average Bonchev–Trinajstić information content (AvgIpc) is 2.49. The van der Waals surface area contributed by atoms with Crippen molar-refractivity contribution < 1.29 is 4.79 Å². The lowest BCUT2D eigenvalue weighted by Crippen LogP contribution is -2.28. The lowest BCUT2D eigenvalue weighted by atomic mass is 10.2. The van der Waals surface area contributed by atoms with Crippen molar-refractivity contribution in [2.75, 3.05) is 23.8 Å². The maximum atomic E-state index is 12.6. The molecule has 5 nitrogen and oxygen atoms in total. The number of pyridine rings is 2. The first-order valence-electron chi connectivity index (χ1n) is 6.32. The predicted octanol–water partition coefficient (Wildman–Crippen LogP) is 3.60. The molecule has 0 unspecified atom stereocenters. The molecule has 7 heteroatoms. The molecule has 21 heavy (non-hydrogen) atoms. The summed E-state index contributed by atoms with van der Waals surface area (Å²) in [6.07, 6.45) is 3.22. The number of carbonyl (C=O) groups is 1. The van der Waals surface area contributed by atoms with Crippen molar-refractivity contribution in [1.29, 1.82) is 0 Å². The van der Waals surface area contributed by atoms with Gasteiger partial charge in [0.25, 0.3) is 5.91 Å².